The number of H-pyrrole nitrogens is 1. The van der Waals surface area contributed by atoms with Crippen molar-refractivity contribution in [2.45, 2.75) is 31.0 Å². The van der Waals surface area contributed by atoms with Gasteiger partial charge < -0.3 is 25.8 Å². The van der Waals surface area contributed by atoms with Gasteiger partial charge in [-0.05, 0) is 0 Å². The zero-order valence-corrected chi connectivity index (χ0v) is 11.1. The summed E-state index contributed by atoms with van der Waals surface area (Å²) in [5, 5.41) is 28.3. The van der Waals surface area contributed by atoms with Crippen molar-refractivity contribution in [3.63, 3.8) is 0 Å². The molecule has 22 heavy (non-hydrogen) atoms. The molecule has 3 heterocycles. The van der Waals surface area contributed by atoms with Gasteiger partial charge in [-0.3, -0.25) is 14.3 Å². The fourth-order valence-corrected chi connectivity index (χ4v) is 2.42. The van der Waals surface area contributed by atoms with Crippen LogP contribution in [0.15, 0.2) is 11.1 Å². The van der Waals surface area contributed by atoms with Crippen LogP contribution in [0.2, 0.25) is 0 Å². The fourth-order valence-electron chi connectivity index (χ4n) is 2.42. The highest BCUT2D eigenvalue weighted by Gasteiger charge is 2.42. The molecule has 0 spiro atoms. The van der Waals surface area contributed by atoms with Crippen molar-refractivity contribution in [1.29, 1.82) is 0 Å². The van der Waals surface area contributed by atoms with E-state index in [4.69, 9.17) is 15.6 Å². The fraction of sp³-hybridized carbons (Fsp3) is 0.455. The van der Waals surface area contributed by atoms with Gasteiger partial charge in [0, 0.05) is 6.42 Å². The van der Waals surface area contributed by atoms with E-state index >= 15 is 0 Å². The third kappa shape index (κ3) is 2.20. The van der Waals surface area contributed by atoms with E-state index in [1.807, 2.05) is 0 Å². The van der Waals surface area contributed by atoms with Crippen molar-refractivity contribution < 1.29 is 24.9 Å². The average Bonchev–Trinajstić information content (AvgIpc) is 3.01. The van der Waals surface area contributed by atoms with E-state index in [1.54, 1.807) is 0 Å². The van der Waals surface area contributed by atoms with Crippen LogP contribution in [-0.4, -0.2) is 59.1 Å². The monoisotopic (exact) mass is 311 g/mol. The summed E-state index contributed by atoms with van der Waals surface area (Å²) in [6.07, 6.45) is -3.84. The first-order chi connectivity index (χ1) is 10.4. The van der Waals surface area contributed by atoms with Crippen LogP contribution in [0.5, 0.6) is 0 Å². The number of hydrogen-bond acceptors (Lipinski definition) is 8. The van der Waals surface area contributed by atoms with Crippen molar-refractivity contribution in [2.24, 2.45) is 0 Å². The molecular weight excluding hydrogens is 298 g/mol. The number of aromatic amines is 1. The molecule has 0 aromatic carbocycles. The molecule has 2 aromatic rings. The lowest BCUT2D eigenvalue weighted by Gasteiger charge is -2.17. The molecule has 4 atom stereocenters. The van der Waals surface area contributed by atoms with Crippen LogP contribution in [0.25, 0.3) is 11.2 Å². The van der Waals surface area contributed by atoms with Crippen molar-refractivity contribution in [3.05, 3.63) is 16.7 Å². The first-order valence-electron chi connectivity index (χ1n) is 6.35. The topological polar surface area (TPSA) is 177 Å². The second-order valence-electron chi connectivity index (χ2n) is 4.93. The van der Waals surface area contributed by atoms with Crippen molar-refractivity contribution in [2.75, 3.05) is 5.73 Å². The molecule has 1 unspecified atom stereocenters. The van der Waals surface area contributed by atoms with Crippen LogP contribution in [0.3, 0.4) is 0 Å². The molecule has 118 valence electrons. The molecule has 11 heteroatoms. The number of nitrogen functional groups attached to an aromatic ring is 1. The van der Waals surface area contributed by atoms with Gasteiger partial charge in [-0.25, -0.2) is 9.78 Å². The van der Waals surface area contributed by atoms with E-state index in [-0.39, 0.29) is 23.5 Å². The molecule has 2 aromatic heterocycles. The maximum atomic E-state index is 11.7. The number of aromatic nitrogens is 4. The maximum absolute atomic E-state index is 11.7. The number of nitrogens with zero attached hydrogens (tertiary/aromatic N) is 3. The van der Waals surface area contributed by atoms with Crippen LogP contribution in [-0.2, 0) is 9.53 Å². The Bertz CT molecular complexity index is 785. The zero-order chi connectivity index (χ0) is 16.0. The molecular formula is C11H13N5O6. The molecule has 1 aliphatic rings. The molecule has 1 saturated heterocycles. The Morgan fingerprint density at radius 2 is 2.32 bits per heavy atom. The van der Waals surface area contributed by atoms with E-state index in [1.165, 1.54) is 10.9 Å². The van der Waals surface area contributed by atoms with E-state index in [2.05, 4.69) is 15.0 Å². The van der Waals surface area contributed by atoms with Gasteiger partial charge in [0.05, 0.1) is 12.4 Å². The van der Waals surface area contributed by atoms with Crippen LogP contribution in [0, 0.1) is 0 Å². The number of carboxylic acids is 1. The van der Waals surface area contributed by atoms with Gasteiger partial charge in [-0.2, -0.15) is 4.98 Å². The van der Waals surface area contributed by atoms with Crippen molar-refractivity contribution >= 4 is 23.1 Å². The van der Waals surface area contributed by atoms with Gasteiger partial charge in [0.2, 0.25) is 5.95 Å². The van der Waals surface area contributed by atoms with Gasteiger partial charge in [0.15, 0.2) is 23.5 Å². The molecule has 1 aliphatic heterocycles. The lowest BCUT2D eigenvalue weighted by Crippen LogP contribution is -2.33. The predicted octanol–water partition coefficient (Wildman–Crippen LogP) is -2.20. The first kappa shape index (κ1) is 14.4. The number of nitrogens with one attached hydrogen (secondary N) is 1. The minimum absolute atomic E-state index is 0.00670. The predicted molar refractivity (Wildman–Crippen MR) is 70.7 cm³/mol. The van der Waals surface area contributed by atoms with Gasteiger partial charge in [0.1, 0.15) is 6.10 Å². The number of rotatable bonds is 3. The molecule has 3 rings (SSSR count). The van der Waals surface area contributed by atoms with Gasteiger partial charge in [-0.15, -0.1) is 0 Å². The normalized spacial score (nSPS) is 26.4. The minimum atomic E-state index is -1.77. The summed E-state index contributed by atoms with van der Waals surface area (Å²) in [6, 6.07) is 0. The molecule has 1 fully saturated rings. The Morgan fingerprint density at radius 1 is 1.59 bits per heavy atom. The summed E-state index contributed by atoms with van der Waals surface area (Å²) in [6.45, 7) is 0. The van der Waals surface area contributed by atoms with E-state index in [9.17, 15) is 19.8 Å². The third-order valence-electron chi connectivity index (χ3n) is 3.45. The lowest BCUT2D eigenvalue weighted by atomic mass is 10.1. The third-order valence-corrected chi connectivity index (χ3v) is 3.45. The molecule has 0 radical (unpaired) electrons. The highest BCUT2D eigenvalue weighted by molar-refractivity contribution is 5.73. The number of ether oxygens (including phenoxy) is 1. The number of aliphatic hydroxyl groups excluding tert-OH is 2. The van der Waals surface area contributed by atoms with Gasteiger partial charge in [0.25, 0.3) is 5.56 Å². The first-order valence-corrected chi connectivity index (χ1v) is 6.35. The minimum Gasteiger partial charge on any atom is -0.479 e. The number of nitrogens with two attached hydrogens (primary N) is 1. The number of carbonyl (C=O) groups is 1. The number of imidazole rings is 1. The Morgan fingerprint density at radius 3 is 3.00 bits per heavy atom. The second-order valence-corrected chi connectivity index (χ2v) is 4.93. The summed E-state index contributed by atoms with van der Waals surface area (Å²) >= 11 is 0. The van der Waals surface area contributed by atoms with Gasteiger partial charge in [-0.1, -0.05) is 0 Å². The quantitative estimate of drug-likeness (QED) is 0.420. The summed E-state index contributed by atoms with van der Waals surface area (Å²) in [5.41, 5.74) is 5.03. The molecule has 0 saturated carbocycles. The SMILES string of the molecule is Nc1nc2c(ncn2[C@@H]2O[C@H](C(O)C(=O)O)C[C@H]2O)c(=O)[nH]1. The second kappa shape index (κ2) is 5.05. The molecule has 0 bridgehead atoms. The van der Waals surface area contributed by atoms with Crippen LogP contribution < -0.4 is 11.3 Å². The summed E-state index contributed by atoms with van der Waals surface area (Å²) in [7, 11) is 0. The molecule has 0 amide bonds. The van der Waals surface area contributed by atoms with Crippen LogP contribution in [0.4, 0.5) is 5.95 Å². The van der Waals surface area contributed by atoms with Gasteiger partial charge >= 0.3 is 5.97 Å². The van der Waals surface area contributed by atoms with Crippen molar-refractivity contribution in [3.8, 4) is 0 Å². The maximum Gasteiger partial charge on any atom is 0.335 e. The van der Waals surface area contributed by atoms with E-state index in [0.717, 1.165) is 0 Å². The smallest absolute Gasteiger partial charge is 0.335 e. The summed E-state index contributed by atoms with van der Waals surface area (Å²) < 4.78 is 6.66. The van der Waals surface area contributed by atoms with Crippen LogP contribution in [0.1, 0.15) is 12.6 Å². The van der Waals surface area contributed by atoms with E-state index < -0.39 is 36.1 Å². The Kier molecular flexibility index (Phi) is 3.31. The molecule has 0 aliphatic carbocycles. The number of hydrogen-bond donors (Lipinski definition) is 5. The number of anilines is 1. The summed E-state index contributed by atoms with van der Waals surface area (Å²) in [4.78, 5) is 32.6. The lowest BCUT2D eigenvalue weighted by molar-refractivity contribution is -0.156. The Hall–Kier alpha value is -2.50. The van der Waals surface area contributed by atoms with E-state index in [0.29, 0.717) is 0 Å². The van der Waals surface area contributed by atoms with Crippen LogP contribution >= 0.6 is 0 Å². The summed E-state index contributed by atoms with van der Waals surface area (Å²) in [5.74, 6) is -1.58. The Balaban J connectivity index is 1.98. The highest BCUT2D eigenvalue weighted by atomic mass is 16.5. The standard InChI is InChI=1S/C11H13N5O6/c12-11-14-7-5(8(19)15-11)13-2-16(7)9-3(17)1-4(22-9)6(18)10(20)21/h2-4,6,9,17-18H,1H2,(H,20,21)(H3,12,14,15,19)/t3-,4+,6?,9-/m1/s1. The number of fused-ring (bicyclic) bond motifs is 1. The largest absolute Gasteiger partial charge is 0.479 e. The zero-order valence-electron chi connectivity index (χ0n) is 11.1. The molecule has 6 N–H and O–H groups in total. The molecule has 11 nitrogen and oxygen atoms in total. The number of aliphatic hydroxyl groups is 2. The Labute approximate surface area is 122 Å². The van der Waals surface area contributed by atoms with Crippen molar-refractivity contribution in [1.82, 2.24) is 19.5 Å². The number of aliphatic carboxylic acids is 1. The average molecular weight is 311 g/mol. The highest BCUT2D eigenvalue weighted by Crippen LogP contribution is 2.32. The number of carboxylic acid groups (broad SMARTS) is 1.